The summed E-state index contributed by atoms with van der Waals surface area (Å²) in [5, 5.41) is 4.86. The maximum absolute atomic E-state index is 6.38. The van der Waals surface area contributed by atoms with Crippen LogP contribution in [-0.2, 0) is 0 Å². The molecule has 0 radical (unpaired) electrons. The lowest BCUT2D eigenvalue weighted by atomic mass is 10.0. The summed E-state index contributed by atoms with van der Waals surface area (Å²) in [5.74, 6) is 0. The maximum atomic E-state index is 6.38. The van der Waals surface area contributed by atoms with E-state index in [9.17, 15) is 0 Å². The molecule has 0 saturated carbocycles. The zero-order valence-electron chi connectivity index (χ0n) is 10.3. The molecule has 4 heteroatoms. The van der Waals surface area contributed by atoms with Crippen LogP contribution in [0.1, 0.15) is 18.4 Å². The zero-order chi connectivity index (χ0) is 12.4. The molecule has 1 atom stereocenters. The molecule has 0 aliphatic carbocycles. The molecule has 1 fully saturated rings. The van der Waals surface area contributed by atoms with Crippen LogP contribution in [0.15, 0.2) is 12.1 Å². The molecule has 2 nitrogen and oxygen atoms in total. The first kappa shape index (κ1) is 13.0. The fourth-order valence-electron chi connectivity index (χ4n) is 2.35. The highest BCUT2D eigenvalue weighted by Crippen LogP contribution is 2.37. The van der Waals surface area contributed by atoms with Crippen LogP contribution in [-0.4, -0.2) is 26.2 Å². The van der Waals surface area contributed by atoms with E-state index in [0.29, 0.717) is 6.04 Å². The summed E-state index contributed by atoms with van der Waals surface area (Å²) in [5.41, 5.74) is 2.07. The third kappa shape index (κ3) is 2.70. The Bertz CT molecular complexity index is 407. The van der Waals surface area contributed by atoms with Gasteiger partial charge >= 0.3 is 0 Å². The van der Waals surface area contributed by atoms with E-state index in [4.69, 9.17) is 23.2 Å². The Balaban J connectivity index is 2.30. The lowest BCUT2D eigenvalue weighted by Crippen LogP contribution is -2.44. The van der Waals surface area contributed by atoms with Crippen LogP contribution < -0.4 is 10.2 Å². The molecule has 1 aromatic carbocycles. The van der Waals surface area contributed by atoms with Crippen molar-refractivity contribution in [2.24, 2.45) is 0 Å². The van der Waals surface area contributed by atoms with Crippen LogP contribution in [0.5, 0.6) is 0 Å². The monoisotopic (exact) mass is 272 g/mol. The lowest BCUT2D eigenvalue weighted by molar-refractivity contribution is 0.449. The molecule has 1 N–H and O–H groups in total. The highest BCUT2D eigenvalue weighted by molar-refractivity contribution is 6.39. The summed E-state index contributed by atoms with van der Waals surface area (Å²) >= 11 is 12.7. The Morgan fingerprint density at radius 1 is 1.35 bits per heavy atom. The number of hydrogen-bond donors (Lipinski definition) is 1. The summed E-state index contributed by atoms with van der Waals surface area (Å²) in [4.78, 5) is 2.29. The number of hydrogen-bond acceptors (Lipinski definition) is 2. The van der Waals surface area contributed by atoms with E-state index < -0.39 is 0 Å². The van der Waals surface area contributed by atoms with Crippen molar-refractivity contribution in [2.45, 2.75) is 25.8 Å². The first-order valence-corrected chi connectivity index (χ1v) is 6.76. The van der Waals surface area contributed by atoms with Gasteiger partial charge in [-0.2, -0.15) is 0 Å². The number of nitrogens with zero attached hydrogens (tertiary/aromatic N) is 1. The highest BCUT2D eigenvalue weighted by Gasteiger charge is 2.22. The number of nitrogens with one attached hydrogen (secondary N) is 1. The first-order valence-electron chi connectivity index (χ1n) is 6.00. The number of likely N-dealkylation sites (N-methyl/N-ethyl adjacent to an activating group) is 1. The fourth-order valence-corrected chi connectivity index (χ4v) is 2.96. The molecule has 0 spiro atoms. The smallest absolute Gasteiger partial charge is 0.0748 e. The minimum Gasteiger partial charge on any atom is -0.368 e. The van der Waals surface area contributed by atoms with Gasteiger partial charge < -0.3 is 10.2 Å². The first-order chi connectivity index (χ1) is 8.13. The van der Waals surface area contributed by atoms with E-state index in [-0.39, 0.29) is 0 Å². The molecule has 0 amide bonds. The summed E-state index contributed by atoms with van der Waals surface area (Å²) in [6, 6.07) is 4.42. The second-order valence-electron chi connectivity index (χ2n) is 4.60. The van der Waals surface area contributed by atoms with Crippen molar-refractivity contribution in [1.29, 1.82) is 0 Å². The van der Waals surface area contributed by atoms with E-state index in [1.807, 2.05) is 26.1 Å². The van der Waals surface area contributed by atoms with Gasteiger partial charge in [0.2, 0.25) is 0 Å². The maximum Gasteiger partial charge on any atom is 0.0748 e. The van der Waals surface area contributed by atoms with Gasteiger partial charge in [-0.1, -0.05) is 29.3 Å². The van der Waals surface area contributed by atoms with E-state index in [2.05, 4.69) is 10.2 Å². The van der Waals surface area contributed by atoms with E-state index >= 15 is 0 Å². The van der Waals surface area contributed by atoms with Gasteiger partial charge in [-0.15, -0.1) is 0 Å². The van der Waals surface area contributed by atoms with E-state index in [1.54, 1.807) is 0 Å². The van der Waals surface area contributed by atoms with Gasteiger partial charge in [0, 0.05) is 19.1 Å². The van der Waals surface area contributed by atoms with Crippen molar-refractivity contribution in [3.05, 3.63) is 27.7 Å². The van der Waals surface area contributed by atoms with Crippen LogP contribution in [0.2, 0.25) is 10.0 Å². The fraction of sp³-hybridized carbons (Fsp3) is 0.538. The summed E-state index contributed by atoms with van der Waals surface area (Å²) in [6.07, 6.45) is 2.39. The molecule has 2 rings (SSSR count). The van der Waals surface area contributed by atoms with Crippen LogP contribution in [0.4, 0.5) is 5.69 Å². The zero-order valence-corrected chi connectivity index (χ0v) is 11.8. The predicted octanol–water partition coefficient (Wildman–Crippen LogP) is 3.49. The molecule has 17 heavy (non-hydrogen) atoms. The van der Waals surface area contributed by atoms with Gasteiger partial charge in [0.15, 0.2) is 0 Å². The lowest BCUT2D eigenvalue weighted by Gasteiger charge is -2.35. The van der Waals surface area contributed by atoms with Crippen LogP contribution >= 0.6 is 23.2 Å². The minimum absolute atomic E-state index is 0.524. The van der Waals surface area contributed by atoms with Crippen molar-refractivity contribution in [2.75, 3.05) is 25.0 Å². The Labute approximate surface area is 113 Å². The molecular weight excluding hydrogens is 255 g/mol. The molecule has 1 aliphatic rings. The molecule has 1 saturated heterocycles. The topological polar surface area (TPSA) is 15.3 Å². The number of halogens is 2. The van der Waals surface area contributed by atoms with Crippen molar-refractivity contribution in [3.8, 4) is 0 Å². The molecular formula is C13H18Cl2N2. The van der Waals surface area contributed by atoms with Crippen molar-refractivity contribution in [1.82, 2.24) is 5.32 Å². The normalized spacial score (nSPS) is 20.7. The van der Waals surface area contributed by atoms with Crippen molar-refractivity contribution < 1.29 is 0 Å². The van der Waals surface area contributed by atoms with Crippen LogP contribution in [0.3, 0.4) is 0 Å². The summed E-state index contributed by atoms with van der Waals surface area (Å²) in [6.45, 7) is 4.02. The van der Waals surface area contributed by atoms with Gasteiger partial charge in [-0.25, -0.2) is 0 Å². The second-order valence-corrected chi connectivity index (χ2v) is 5.39. The van der Waals surface area contributed by atoms with Gasteiger partial charge in [-0.3, -0.25) is 0 Å². The minimum atomic E-state index is 0.524. The molecule has 1 aliphatic heterocycles. The Hall–Kier alpha value is -0.440. The molecule has 1 heterocycles. The number of rotatable bonds is 2. The molecule has 1 aromatic rings. The molecule has 0 aromatic heterocycles. The van der Waals surface area contributed by atoms with Gasteiger partial charge in [0.25, 0.3) is 0 Å². The SMILES string of the molecule is CNC1CCCN(c2c(Cl)ccc(C)c2Cl)C1. The van der Waals surface area contributed by atoms with E-state index in [1.165, 1.54) is 12.8 Å². The Morgan fingerprint density at radius 3 is 2.82 bits per heavy atom. The number of piperidine rings is 1. The van der Waals surface area contributed by atoms with Gasteiger partial charge in [0.1, 0.15) is 0 Å². The molecule has 94 valence electrons. The highest BCUT2D eigenvalue weighted by atomic mass is 35.5. The van der Waals surface area contributed by atoms with E-state index in [0.717, 1.165) is 34.4 Å². The van der Waals surface area contributed by atoms with Gasteiger partial charge in [0.05, 0.1) is 15.7 Å². The third-order valence-corrected chi connectivity index (χ3v) is 4.19. The summed E-state index contributed by atoms with van der Waals surface area (Å²) in [7, 11) is 2.01. The van der Waals surface area contributed by atoms with Crippen LogP contribution in [0.25, 0.3) is 0 Å². The van der Waals surface area contributed by atoms with Crippen LogP contribution in [0, 0.1) is 6.92 Å². The second kappa shape index (κ2) is 5.47. The Morgan fingerprint density at radius 2 is 2.12 bits per heavy atom. The molecule has 1 unspecified atom stereocenters. The number of anilines is 1. The average molecular weight is 273 g/mol. The van der Waals surface area contributed by atoms with Crippen molar-refractivity contribution >= 4 is 28.9 Å². The predicted molar refractivity (Wildman–Crippen MR) is 75.5 cm³/mol. The standard InChI is InChI=1S/C13H18Cl2N2/c1-9-5-6-11(14)13(12(9)15)17-7-3-4-10(8-17)16-2/h5-6,10,16H,3-4,7-8H2,1-2H3. The van der Waals surface area contributed by atoms with Gasteiger partial charge in [-0.05, 0) is 38.4 Å². The summed E-state index contributed by atoms with van der Waals surface area (Å²) < 4.78 is 0. The Kier molecular flexibility index (Phi) is 4.18. The quantitative estimate of drug-likeness (QED) is 0.887. The average Bonchev–Trinajstić information content (AvgIpc) is 2.35. The number of aryl methyl sites for hydroxylation is 1. The number of benzene rings is 1. The third-order valence-electron chi connectivity index (χ3n) is 3.41. The largest absolute Gasteiger partial charge is 0.368 e. The van der Waals surface area contributed by atoms with Crippen molar-refractivity contribution in [3.63, 3.8) is 0 Å². The molecule has 0 bridgehead atoms.